The van der Waals surface area contributed by atoms with Gasteiger partial charge < -0.3 is 10.2 Å². The Morgan fingerprint density at radius 2 is 1.67 bits per heavy atom. The van der Waals surface area contributed by atoms with Crippen molar-refractivity contribution >= 4 is 40.7 Å². The molecule has 0 unspecified atom stereocenters. The Morgan fingerprint density at radius 3 is 2.25 bits per heavy atom. The Morgan fingerprint density at radius 1 is 1.04 bits per heavy atom. The van der Waals surface area contributed by atoms with Crippen molar-refractivity contribution in [2.24, 2.45) is 0 Å². The minimum Gasteiger partial charge on any atom is -0.333 e. The van der Waals surface area contributed by atoms with Crippen molar-refractivity contribution in [2.75, 3.05) is 18.4 Å². The zero-order valence-electron chi connectivity index (χ0n) is 13.3. The van der Waals surface area contributed by atoms with Gasteiger partial charge in [0.1, 0.15) is 0 Å². The molecule has 0 bridgehead atoms. The van der Waals surface area contributed by atoms with Gasteiger partial charge in [-0.3, -0.25) is 9.59 Å². The van der Waals surface area contributed by atoms with E-state index in [1.807, 2.05) is 30.3 Å². The maximum Gasteiger partial charge on any atom is 0.243 e. The third kappa shape index (κ3) is 5.87. The first-order valence-electron chi connectivity index (χ1n) is 7.49. The summed E-state index contributed by atoms with van der Waals surface area (Å²) in [5, 5.41) is 3.58. The van der Waals surface area contributed by atoms with Gasteiger partial charge in [0, 0.05) is 29.2 Å². The lowest BCUT2D eigenvalue weighted by molar-refractivity contribution is -0.132. The van der Waals surface area contributed by atoms with Crippen molar-refractivity contribution in [1.29, 1.82) is 0 Å². The van der Waals surface area contributed by atoms with Crippen molar-refractivity contribution in [1.82, 2.24) is 4.90 Å². The van der Waals surface area contributed by atoms with E-state index in [0.29, 0.717) is 28.7 Å². The van der Waals surface area contributed by atoms with E-state index in [1.54, 1.807) is 18.2 Å². The Hall–Kier alpha value is -2.04. The SMILES string of the molecule is CC(=O)N(CCc1ccccc1)CC(=O)Nc1cc(Cl)cc(Cl)c1. The minimum absolute atomic E-state index is 0.0215. The van der Waals surface area contributed by atoms with E-state index < -0.39 is 0 Å². The van der Waals surface area contributed by atoms with Crippen LogP contribution >= 0.6 is 23.2 Å². The average molecular weight is 365 g/mol. The summed E-state index contributed by atoms with van der Waals surface area (Å²) < 4.78 is 0. The van der Waals surface area contributed by atoms with E-state index in [2.05, 4.69) is 5.32 Å². The van der Waals surface area contributed by atoms with Gasteiger partial charge in [-0.25, -0.2) is 0 Å². The fraction of sp³-hybridized carbons (Fsp3) is 0.222. The van der Waals surface area contributed by atoms with Gasteiger partial charge in [0.15, 0.2) is 0 Å². The number of anilines is 1. The van der Waals surface area contributed by atoms with Crippen LogP contribution in [0.5, 0.6) is 0 Å². The highest BCUT2D eigenvalue weighted by Gasteiger charge is 2.14. The van der Waals surface area contributed by atoms with E-state index in [0.717, 1.165) is 5.56 Å². The fourth-order valence-electron chi connectivity index (χ4n) is 2.26. The standard InChI is InChI=1S/C18H18Cl2N2O2/c1-13(23)22(8-7-14-5-3-2-4-6-14)12-18(24)21-17-10-15(19)9-16(20)11-17/h2-6,9-11H,7-8,12H2,1H3,(H,21,24). The third-order valence-electron chi connectivity index (χ3n) is 3.44. The second-order valence-electron chi connectivity index (χ2n) is 5.38. The zero-order valence-corrected chi connectivity index (χ0v) is 14.8. The summed E-state index contributed by atoms with van der Waals surface area (Å²) in [6.45, 7) is 1.91. The normalized spacial score (nSPS) is 10.3. The van der Waals surface area contributed by atoms with Gasteiger partial charge in [0.05, 0.1) is 6.54 Å². The molecule has 1 N–H and O–H groups in total. The highest BCUT2D eigenvalue weighted by molar-refractivity contribution is 6.35. The summed E-state index contributed by atoms with van der Waals surface area (Å²) >= 11 is 11.8. The van der Waals surface area contributed by atoms with Crippen LogP contribution < -0.4 is 5.32 Å². The summed E-state index contributed by atoms with van der Waals surface area (Å²) in [4.78, 5) is 25.4. The first-order valence-corrected chi connectivity index (χ1v) is 8.25. The molecule has 2 rings (SSSR count). The molecule has 0 aliphatic heterocycles. The van der Waals surface area contributed by atoms with Crippen molar-refractivity contribution in [3.8, 4) is 0 Å². The van der Waals surface area contributed by atoms with Crippen molar-refractivity contribution in [2.45, 2.75) is 13.3 Å². The lowest BCUT2D eigenvalue weighted by Crippen LogP contribution is -2.38. The smallest absolute Gasteiger partial charge is 0.243 e. The first kappa shape index (κ1) is 18.3. The molecule has 6 heteroatoms. The second kappa shape index (κ2) is 8.71. The number of carbonyl (C=O) groups excluding carboxylic acids is 2. The van der Waals surface area contributed by atoms with E-state index in [-0.39, 0.29) is 18.4 Å². The molecular weight excluding hydrogens is 347 g/mol. The maximum atomic E-state index is 12.2. The van der Waals surface area contributed by atoms with Crippen molar-refractivity contribution in [3.05, 3.63) is 64.1 Å². The number of nitrogens with one attached hydrogen (secondary N) is 1. The molecule has 0 fully saturated rings. The molecule has 2 aromatic carbocycles. The van der Waals surface area contributed by atoms with Gasteiger partial charge in [-0.1, -0.05) is 53.5 Å². The predicted octanol–water partition coefficient (Wildman–Crippen LogP) is 4.02. The van der Waals surface area contributed by atoms with Gasteiger partial charge in [0.25, 0.3) is 0 Å². The molecule has 4 nitrogen and oxygen atoms in total. The molecule has 0 saturated heterocycles. The number of nitrogens with zero attached hydrogens (tertiary/aromatic N) is 1. The quantitative estimate of drug-likeness (QED) is 0.841. The molecule has 0 heterocycles. The average Bonchev–Trinajstić information content (AvgIpc) is 2.51. The van der Waals surface area contributed by atoms with E-state index >= 15 is 0 Å². The molecule has 126 valence electrons. The van der Waals surface area contributed by atoms with Gasteiger partial charge in [0.2, 0.25) is 11.8 Å². The van der Waals surface area contributed by atoms with E-state index in [9.17, 15) is 9.59 Å². The Balaban J connectivity index is 1.94. The van der Waals surface area contributed by atoms with Crippen LogP contribution in [0.15, 0.2) is 48.5 Å². The summed E-state index contributed by atoms with van der Waals surface area (Å²) in [7, 11) is 0. The Labute approximate surface area is 151 Å². The number of benzene rings is 2. The summed E-state index contributed by atoms with van der Waals surface area (Å²) in [5.74, 6) is -0.443. The number of hydrogen-bond acceptors (Lipinski definition) is 2. The molecule has 2 aromatic rings. The maximum absolute atomic E-state index is 12.2. The molecule has 24 heavy (non-hydrogen) atoms. The minimum atomic E-state index is -0.295. The lowest BCUT2D eigenvalue weighted by Gasteiger charge is -2.20. The van der Waals surface area contributed by atoms with Gasteiger partial charge in [-0.2, -0.15) is 0 Å². The van der Waals surface area contributed by atoms with Crippen molar-refractivity contribution < 1.29 is 9.59 Å². The van der Waals surface area contributed by atoms with E-state index in [4.69, 9.17) is 23.2 Å². The van der Waals surface area contributed by atoms with Crippen LogP contribution in [0.4, 0.5) is 5.69 Å². The monoisotopic (exact) mass is 364 g/mol. The van der Waals surface area contributed by atoms with Gasteiger partial charge in [-0.15, -0.1) is 0 Å². The highest BCUT2D eigenvalue weighted by atomic mass is 35.5. The highest BCUT2D eigenvalue weighted by Crippen LogP contribution is 2.22. The Kier molecular flexibility index (Phi) is 6.64. The molecule has 0 aliphatic rings. The van der Waals surface area contributed by atoms with Crippen molar-refractivity contribution in [3.63, 3.8) is 0 Å². The largest absolute Gasteiger partial charge is 0.333 e. The molecule has 0 aliphatic carbocycles. The topological polar surface area (TPSA) is 49.4 Å². The third-order valence-corrected chi connectivity index (χ3v) is 3.88. The summed E-state index contributed by atoms with van der Waals surface area (Å²) in [5.41, 5.74) is 1.62. The van der Waals surface area contributed by atoms with Crippen LogP contribution in [-0.2, 0) is 16.0 Å². The summed E-state index contributed by atoms with van der Waals surface area (Å²) in [6, 6.07) is 14.6. The van der Waals surface area contributed by atoms with Crippen LogP contribution in [0, 0.1) is 0 Å². The molecule has 0 aromatic heterocycles. The number of hydrogen-bond donors (Lipinski definition) is 1. The summed E-state index contributed by atoms with van der Waals surface area (Å²) in [6.07, 6.45) is 0.691. The van der Waals surface area contributed by atoms with Crippen LogP contribution in [0.25, 0.3) is 0 Å². The van der Waals surface area contributed by atoms with Crippen LogP contribution in [-0.4, -0.2) is 29.8 Å². The molecule has 0 radical (unpaired) electrons. The van der Waals surface area contributed by atoms with Gasteiger partial charge >= 0.3 is 0 Å². The molecular formula is C18H18Cl2N2O2. The Bertz CT molecular complexity index is 700. The first-order chi connectivity index (χ1) is 11.4. The predicted molar refractivity (Wildman–Crippen MR) is 97.5 cm³/mol. The second-order valence-corrected chi connectivity index (χ2v) is 6.26. The zero-order chi connectivity index (χ0) is 17.5. The number of amides is 2. The molecule has 0 saturated carbocycles. The lowest BCUT2D eigenvalue weighted by atomic mass is 10.1. The fourth-order valence-corrected chi connectivity index (χ4v) is 2.78. The number of rotatable bonds is 6. The van der Waals surface area contributed by atoms with Crippen LogP contribution in [0.3, 0.4) is 0 Å². The number of halogens is 2. The molecule has 0 atom stereocenters. The molecule has 0 spiro atoms. The van der Waals surface area contributed by atoms with Crippen LogP contribution in [0.2, 0.25) is 10.0 Å². The number of carbonyl (C=O) groups is 2. The molecule has 2 amide bonds. The van der Waals surface area contributed by atoms with E-state index in [1.165, 1.54) is 11.8 Å². The van der Waals surface area contributed by atoms with Crippen LogP contribution in [0.1, 0.15) is 12.5 Å². The van der Waals surface area contributed by atoms with Gasteiger partial charge in [-0.05, 0) is 30.2 Å².